The number of aromatic nitrogens is 4. The zero-order valence-corrected chi connectivity index (χ0v) is 21.7. The normalized spacial score (nSPS) is 22.8. The van der Waals surface area contributed by atoms with Crippen LogP contribution in [0, 0.1) is 0 Å². The summed E-state index contributed by atoms with van der Waals surface area (Å²) in [5.41, 5.74) is 4.12. The molecule has 8 heteroatoms. The second kappa shape index (κ2) is 9.98. The van der Waals surface area contributed by atoms with Gasteiger partial charge >= 0.3 is 5.69 Å². The maximum atomic E-state index is 13.7. The third-order valence-corrected chi connectivity index (χ3v) is 8.58. The van der Waals surface area contributed by atoms with Gasteiger partial charge in [0.05, 0.1) is 12.7 Å². The summed E-state index contributed by atoms with van der Waals surface area (Å²) in [5, 5.41) is 3.33. The fourth-order valence-electron chi connectivity index (χ4n) is 6.49. The molecule has 0 amide bonds. The topological polar surface area (TPSA) is 71.2 Å². The van der Waals surface area contributed by atoms with Gasteiger partial charge in [-0.05, 0) is 43.9 Å². The molecule has 0 spiro atoms. The number of benzene rings is 1. The lowest BCUT2D eigenvalue weighted by Crippen LogP contribution is -2.43. The van der Waals surface area contributed by atoms with Crippen LogP contribution >= 0.6 is 0 Å². The molecule has 2 saturated heterocycles. The first-order chi connectivity index (χ1) is 17.6. The number of likely N-dealkylation sites (tertiary alicyclic amines) is 2. The minimum Gasteiger partial charge on any atom is -0.354 e. The second-order valence-electron chi connectivity index (χ2n) is 11.1. The zero-order valence-electron chi connectivity index (χ0n) is 21.7. The molecule has 6 rings (SSSR count). The first kappa shape index (κ1) is 23.7. The predicted molar refractivity (Wildman–Crippen MR) is 143 cm³/mol. The van der Waals surface area contributed by atoms with E-state index in [2.05, 4.69) is 58.3 Å². The Kier molecular flexibility index (Phi) is 6.56. The number of nitrogens with zero attached hydrogens (tertiary/aromatic N) is 6. The van der Waals surface area contributed by atoms with Crippen molar-refractivity contribution >= 4 is 17.1 Å². The molecule has 3 fully saturated rings. The third-order valence-electron chi connectivity index (χ3n) is 8.58. The second-order valence-corrected chi connectivity index (χ2v) is 11.1. The van der Waals surface area contributed by atoms with E-state index in [4.69, 9.17) is 4.98 Å². The van der Waals surface area contributed by atoms with Crippen molar-refractivity contribution in [3.8, 4) is 0 Å². The molecule has 4 heterocycles. The van der Waals surface area contributed by atoms with E-state index in [1.165, 1.54) is 37.9 Å². The highest BCUT2D eigenvalue weighted by molar-refractivity contribution is 5.72. The molecule has 36 heavy (non-hydrogen) atoms. The number of rotatable bonds is 9. The van der Waals surface area contributed by atoms with E-state index in [9.17, 15) is 4.79 Å². The van der Waals surface area contributed by atoms with Crippen molar-refractivity contribution in [2.45, 2.75) is 83.1 Å². The van der Waals surface area contributed by atoms with Crippen LogP contribution in [-0.2, 0) is 13.1 Å². The fraction of sp³-hybridized carbons (Fsp3) is 0.607. The van der Waals surface area contributed by atoms with Gasteiger partial charge in [0.1, 0.15) is 5.52 Å². The standard InChI is InChI=1S/C28H39N7O/c1-3-4-13-29-27-30-15-25-26(31-27)34(28(36)35(25)22-7-5-6-8-22)17-21-11-9-20(10-12-21)16-33-19-23-14-24(33)18-32(23)2/h9-12,15,22-24H,3-8,13-14,16-19H2,1-2H3,(H,29,30,31). The van der Waals surface area contributed by atoms with Gasteiger partial charge in [-0.1, -0.05) is 50.5 Å². The van der Waals surface area contributed by atoms with Gasteiger partial charge in [0.2, 0.25) is 5.95 Å². The summed E-state index contributed by atoms with van der Waals surface area (Å²) in [6.07, 6.45) is 9.80. The molecule has 2 aliphatic heterocycles. The molecule has 0 radical (unpaired) electrons. The Morgan fingerprint density at radius 1 is 1.00 bits per heavy atom. The van der Waals surface area contributed by atoms with Gasteiger partial charge in [-0.2, -0.15) is 4.98 Å². The number of nitrogens with one attached hydrogen (secondary N) is 1. The SMILES string of the molecule is CCCCNc1ncc2c(n1)n(Cc1ccc(CN3CC4CC3CN4C)cc1)c(=O)n2C1CCCC1. The molecule has 8 nitrogen and oxygen atoms in total. The molecule has 1 saturated carbocycles. The van der Waals surface area contributed by atoms with Crippen molar-refractivity contribution in [2.75, 3.05) is 32.0 Å². The van der Waals surface area contributed by atoms with Crippen LogP contribution in [0.4, 0.5) is 5.95 Å². The Hall–Kier alpha value is -2.71. The highest BCUT2D eigenvalue weighted by atomic mass is 16.1. The van der Waals surface area contributed by atoms with Crippen molar-refractivity contribution in [1.82, 2.24) is 28.9 Å². The van der Waals surface area contributed by atoms with Crippen LogP contribution in [-0.4, -0.2) is 67.7 Å². The van der Waals surface area contributed by atoms with E-state index in [-0.39, 0.29) is 11.7 Å². The number of unbranched alkanes of at least 4 members (excludes halogenated alkanes) is 1. The highest BCUT2D eigenvalue weighted by Gasteiger charge is 2.41. The number of imidazole rings is 1. The van der Waals surface area contributed by atoms with Crippen LogP contribution in [0.5, 0.6) is 0 Å². The Morgan fingerprint density at radius 3 is 2.42 bits per heavy atom. The number of likely N-dealkylation sites (N-methyl/N-ethyl adjacent to an activating group) is 1. The first-order valence-corrected chi connectivity index (χ1v) is 13.8. The quantitative estimate of drug-likeness (QED) is 0.461. The summed E-state index contributed by atoms with van der Waals surface area (Å²) >= 11 is 0. The summed E-state index contributed by atoms with van der Waals surface area (Å²) in [6.45, 7) is 6.91. The monoisotopic (exact) mass is 489 g/mol. The van der Waals surface area contributed by atoms with Crippen LogP contribution < -0.4 is 11.0 Å². The van der Waals surface area contributed by atoms with Crippen LogP contribution in [0.3, 0.4) is 0 Å². The van der Waals surface area contributed by atoms with Gasteiger partial charge in [0, 0.05) is 44.3 Å². The summed E-state index contributed by atoms with van der Waals surface area (Å²) in [5.74, 6) is 0.606. The molecule has 2 aromatic heterocycles. The average Bonchev–Trinajstić information content (AvgIpc) is 3.66. The molecule has 192 valence electrons. The van der Waals surface area contributed by atoms with Crippen molar-refractivity contribution < 1.29 is 0 Å². The van der Waals surface area contributed by atoms with E-state index in [0.717, 1.165) is 61.5 Å². The van der Waals surface area contributed by atoms with Crippen molar-refractivity contribution in [3.05, 3.63) is 52.1 Å². The van der Waals surface area contributed by atoms with Crippen molar-refractivity contribution in [1.29, 1.82) is 0 Å². The van der Waals surface area contributed by atoms with Crippen molar-refractivity contribution in [3.63, 3.8) is 0 Å². The maximum Gasteiger partial charge on any atom is 0.330 e. The van der Waals surface area contributed by atoms with Gasteiger partial charge in [-0.3, -0.25) is 14.0 Å². The van der Waals surface area contributed by atoms with Crippen LogP contribution in [0.15, 0.2) is 35.3 Å². The van der Waals surface area contributed by atoms with Gasteiger partial charge in [0.25, 0.3) is 0 Å². The molecule has 2 atom stereocenters. The van der Waals surface area contributed by atoms with E-state index < -0.39 is 0 Å². The van der Waals surface area contributed by atoms with E-state index >= 15 is 0 Å². The molecule has 2 bridgehead atoms. The Balaban J connectivity index is 1.25. The molecule has 3 aliphatic rings. The predicted octanol–water partition coefficient (Wildman–Crippen LogP) is 3.86. The minimum absolute atomic E-state index is 0.0400. The average molecular weight is 490 g/mol. The van der Waals surface area contributed by atoms with Gasteiger partial charge in [-0.25, -0.2) is 9.78 Å². The summed E-state index contributed by atoms with van der Waals surface area (Å²) in [6, 6.07) is 10.5. The minimum atomic E-state index is 0.0400. The lowest BCUT2D eigenvalue weighted by atomic mass is 10.1. The first-order valence-electron chi connectivity index (χ1n) is 13.8. The summed E-state index contributed by atoms with van der Waals surface area (Å²) < 4.78 is 3.82. The number of fused-ring (bicyclic) bond motifs is 3. The maximum absolute atomic E-state index is 13.7. The Morgan fingerprint density at radius 2 is 1.75 bits per heavy atom. The lowest BCUT2D eigenvalue weighted by molar-refractivity contribution is 0.143. The summed E-state index contributed by atoms with van der Waals surface area (Å²) in [4.78, 5) is 28.2. The third kappa shape index (κ3) is 4.45. The molecule has 2 unspecified atom stereocenters. The van der Waals surface area contributed by atoms with Gasteiger partial charge in [0.15, 0.2) is 5.65 Å². The smallest absolute Gasteiger partial charge is 0.330 e. The molecular weight excluding hydrogens is 450 g/mol. The molecule has 3 aromatic rings. The van der Waals surface area contributed by atoms with Crippen molar-refractivity contribution in [2.24, 2.45) is 0 Å². The Labute approximate surface area is 213 Å². The largest absolute Gasteiger partial charge is 0.354 e. The Bertz CT molecular complexity index is 1260. The van der Waals surface area contributed by atoms with Crippen LogP contribution in [0.2, 0.25) is 0 Å². The van der Waals surface area contributed by atoms with E-state index in [0.29, 0.717) is 18.5 Å². The van der Waals surface area contributed by atoms with E-state index in [1.54, 1.807) is 0 Å². The molecule has 1 N–H and O–H groups in total. The fourth-order valence-corrected chi connectivity index (χ4v) is 6.49. The number of anilines is 1. The van der Waals surface area contributed by atoms with Gasteiger partial charge in [-0.15, -0.1) is 0 Å². The molecular formula is C28H39N7O. The van der Waals surface area contributed by atoms with Gasteiger partial charge < -0.3 is 10.2 Å². The lowest BCUT2D eigenvalue weighted by Gasteiger charge is -2.31. The van der Waals surface area contributed by atoms with Crippen LogP contribution in [0.1, 0.15) is 69.0 Å². The van der Waals surface area contributed by atoms with E-state index in [1.807, 2.05) is 15.3 Å². The number of hydrogen-bond donors (Lipinski definition) is 1. The number of piperazine rings is 1. The zero-order chi connectivity index (χ0) is 24.6. The molecule has 1 aromatic carbocycles. The number of hydrogen-bond acceptors (Lipinski definition) is 6. The van der Waals surface area contributed by atoms with Crippen LogP contribution in [0.25, 0.3) is 11.2 Å². The summed E-state index contributed by atoms with van der Waals surface area (Å²) in [7, 11) is 2.25. The molecule has 1 aliphatic carbocycles. The highest BCUT2D eigenvalue weighted by Crippen LogP contribution is 2.32.